The number of carboxylic acids is 1. The second kappa shape index (κ2) is 5.66. The van der Waals surface area contributed by atoms with E-state index in [4.69, 9.17) is 21.8 Å². The molecule has 0 aromatic heterocycles. The van der Waals surface area contributed by atoms with Crippen LogP contribution < -0.4 is 4.72 Å². The maximum atomic E-state index is 11.9. The van der Waals surface area contributed by atoms with Gasteiger partial charge in [-0.3, -0.25) is 4.79 Å². The van der Waals surface area contributed by atoms with Crippen molar-refractivity contribution in [2.24, 2.45) is 0 Å². The van der Waals surface area contributed by atoms with Crippen LogP contribution in [-0.2, 0) is 14.8 Å². The number of aryl methyl sites for hydroxylation is 1. The summed E-state index contributed by atoms with van der Waals surface area (Å²) >= 11 is 5.79. The molecule has 6 nitrogen and oxygen atoms in total. The zero-order valence-electron chi connectivity index (χ0n) is 9.42. The van der Waals surface area contributed by atoms with Gasteiger partial charge >= 0.3 is 5.97 Å². The van der Waals surface area contributed by atoms with Crippen LogP contribution in [0.3, 0.4) is 0 Å². The summed E-state index contributed by atoms with van der Waals surface area (Å²) in [6.45, 7) is 0.890. The number of nitrogens with one attached hydrogen (secondary N) is 1. The quantitative estimate of drug-likeness (QED) is 0.728. The van der Waals surface area contributed by atoms with E-state index in [0.717, 1.165) is 5.56 Å². The molecule has 1 atom stereocenters. The van der Waals surface area contributed by atoms with Crippen molar-refractivity contribution in [2.75, 3.05) is 6.61 Å². The van der Waals surface area contributed by atoms with Crippen LogP contribution in [0.1, 0.15) is 5.56 Å². The average Bonchev–Trinajstić information content (AvgIpc) is 2.24. The molecular formula is C10H12ClNO5S. The van der Waals surface area contributed by atoms with Gasteiger partial charge in [0.25, 0.3) is 0 Å². The Balaban J connectivity index is 3.10. The van der Waals surface area contributed by atoms with Gasteiger partial charge in [0, 0.05) is 0 Å². The second-order valence-electron chi connectivity index (χ2n) is 3.63. The summed E-state index contributed by atoms with van der Waals surface area (Å²) < 4.78 is 25.6. The van der Waals surface area contributed by atoms with E-state index in [1.54, 1.807) is 6.92 Å². The number of benzene rings is 1. The van der Waals surface area contributed by atoms with Gasteiger partial charge in [-0.05, 0) is 24.6 Å². The maximum absolute atomic E-state index is 11.9. The summed E-state index contributed by atoms with van der Waals surface area (Å²) in [5.41, 5.74) is 0.774. The lowest BCUT2D eigenvalue weighted by Gasteiger charge is -2.13. The first-order valence-corrected chi connectivity index (χ1v) is 6.76. The first-order valence-electron chi connectivity index (χ1n) is 4.90. The van der Waals surface area contributed by atoms with Crippen molar-refractivity contribution in [3.8, 4) is 0 Å². The fourth-order valence-electron chi connectivity index (χ4n) is 1.24. The van der Waals surface area contributed by atoms with Crippen LogP contribution in [0.2, 0.25) is 5.02 Å². The molecular weight excluding hydrogens is 282 g/mol. The van der Waals surface area contributed by atoms with Gasteiger partial charge < -0.3 is 10.2 Å². The molecule has 0 unspecified atom stereocenters. The molecule has 0 fully saturated rings. The number of hydrogen-bond acceptors (Lipinski definition) is 4. The molecule has 3 N–H and O–H groups in total. The first kappa shape index (κ1) is 14.9. The van der Waals surface area contributed by atoms with Gasteiger partial charge in [0.2, 0.25) is 10.0 Å². The lowest BCUT2D eigenvalue weighted by Crippen LogP contribution is -2.43. The van der Waals surface area contributed by atoms with E-state index >= 15 is 0 Å². The average molecular weight is 294 g/mol. The Morgan fingerprint density at radius 2 is 2.11 bits per heavy atom. The fourth-order valence-corrected chi connectivity index (χ4v) is 3.02. The Morgan fingerprint density at radius 3 is 2.56 bits per heavy atom. The zero-order valence-corrected chi connectivity index (χ0v) is 11.0. The molecule has 18 heavy (non-hydrogen) atoms. The van der Waals surface area contributed by atoms with Crippen molar-refractivity contribution < 1.29 is 23.4 Å². The Bertz CT molecular complexity index is 557. The SMILES string of the molecule is Cc1ccc(S(=O)(=O)N[C@H](CO)C(=O)O)c(Cl)c1. The van der Waals surface area contributed by atoms with E-state index in [0.29, 0.717) is 0 Å². The highest BCUT2D eigenvalue weighted by Gasteiger charge is 2.26. The summed E-state index contributed by atoms with van der Waals surface area (Å²) in [6.07, 6.45) is 0. The minimum absolute atomic E-state index is 0.00965. The number of aliphatic hydroxyl groups is 1. The normalized spacial score (nSPS) is 13.3. The molecule has 0 saturated heterocycles. The highest BCUT2D eigenvalue weighted by Crippen LogP contribution is 2.22. The minimum atomic E-state index is -4.09. The summed E-state index contributed by atoms with van der Waals surface area (Å²) in [4.78, 5) is 10.4. The molecule has 0 aliphatic carbocycles. The van der Waals surface area contributed by atoms with E-state index in [1.807, 2.05) is 4.72 Å². The number of aliphatic hydroxyl groups excluding tert-OH is 1. The highest BCUT2D eigenvalue weighted by atomic mass is 35.5. The molecule has 1 aromatic carbocycles. The van der Waals surface area contributed by atoms with Crippen molar-refractivity contribution in [3.63, 3.8) is 0 Å². The number of sulfonamides is 1. The van der Waals surface area contributed by atoms with Crippen molar-refractivity contribution in [3.05, 3.63) is 28.8 Å². The third kappa shape index (κ3) is 3.42. The number of carboxylic acid groups (broad SMARTS) is 1. The van der Waals surface area contributed by atoms with Crippen molar-refractivity contribution in [2.45, 2.75) is 17.9 Å². The Kier molecular flexibility index (Phi) is 4.69. The van der Waals surface area contributed by atoms with E-state index < -0.39 is 28.6 Å². The summed E-state index contributed by atoms with van der Waals surface area (Å²) in [7, 11) is -4.09. The van der Waals surface area contributed by atoms with E-state index in [1.165, 1.54) is 18.2 Å². The molecule has 0 spiro atoms. The third-order valence-corrected chi connectivity index (χ3v) is 4.11. The predicted octanol–water partition coefficient (Wildman–Crippen LogP) is 0.372. The van der Waals surface area contributed by atoms with Crippen molar-refractivity contribution in [1.82, 2.24) is 4.72 Å². The maximum Gasteiger partial charge on any atom is 0.324 e. The molecule has 0 radical (unpaired) electrons. The van der Waals surface area contributed by atoms with Crippen molar-refractivity contribution in [1.29, 1.82) is 0 Å². The molecule has 0 heterocycles. The second-order valence-corrected chi connectivity index (χ2v) is 5.72. The molecule has 0 aliphatic rings. The molecule has 0 amide bonds. The van der Waals surface area contributed by atoms with Crippen molar-refractivity contribution >= 4 is 27.6 Å². The van der Waals surface area contributed by atoms with Gasteiger partial charge in [0.1, 0.15) is 10.9 Å². The molecule has 8 heteroatoms. The fraction of sp³-hybridized carbons (Fsp3) is 0.300. The lowest BCUT2D eigenvalue weighted by atomic mass is 10.2. The first-order chi connectivity index (χ1) is 8.27. The number of carbonyl (C=O) groups is 1. The number of hydrogen-bond donors (Lipinski definition) is 3. The molecule has 0 aliphatic heterocycles. The molecule has 100 valence electrons. The van der Waals surface area contributed by atoms with Gasteiger partial charge in [-0.2, -0.15) is 4.72 Å². The Labute approximate surface area is 109 Å². The molecule has 1 aromatic rings. The molecule has 0 saturated carbocycles. The monoisotopic (exact) mass is 293 g/mol. The van der Waals surface area contributed by atoms with E-state index in [2.05, 4.69) is 0 Å². The highest BCUT2D eigenvalue weighted by molar-refractivity contribution is 7.89. The van der Waals surface area contributed by atoms with Crippen LogP contribution in [-0.4, -0.2) is 37.2 Å². The predicted molar refractivity (Wildman–Crippen MR) is 65.0 cm³/mol. The smallest absolute Gasteiger partial charge is 0.324 e. The molecule has 0 bridgehead atoms. The standard InChI is InChI=1S/C10H12ClNO5S/c1-6-2-3-9(7(11)4-6)18(16,17)12-8(5-13)10(14)15/h2-4,8,12-13H,5H2,1H3,(H,14,15)/t8-/m1/s1. The van der Waals surface area contributed by atoms with Gasteiger partial charge in [-0.15, -0.1) is 0 Å². The van der Waals surface area contributed by atoms with Crippen LogP contribution >= 0.6 is 11.6 Å². The Morgan fingerprint density at radius 1 is 1.50 bits per heavy atom. The van der Waals surface area contributed by atoms with Crippen LogP contribution in [0.4, 0.5) is 0 Å². The summed E-state index contributed by atoms with van der Waals surface area (Å²) in [5.74, 6) is -1.47. The van der Waals surface area contributed by atoms with Crippen LogP contribution in [0.15, 0.2) is 23.1 Å². The summed E-state index contributed by atoms with van der Waals surface area (Å²) in [6, 6.07) is 2.66. The molecule has 1 rings (SSSR count). The van der Waals surface area contributed by atoms with Gasteiger partial charge in [-0.1, -0.05) is 17.7 Å². The lowest BCUT2D eigenvalue weighted by molar-refractivity contribution is -0.139. The van der Waals surface area contributed by atoms with Gasteiger partial charge in [0.05, 0.1) is 11.6 Å². The number of rotatable bonds is 5. The van der Waals surface area contributed by atoms with Crippen LogP contribution in [0, 0.1) is 6.92 Å². The topological polar surface area (TPSA) is 104 Å². The van der Waals surface area contributed by atoms with Gasteiger partial charge in [0.15, 0.2) is 0 Å². The number of aliphatic carboxylic acids is 1. The third-order valence-electron chi connectivity index (χ3n) is 2.15. The largest absolute Gasteiger partial charge is 0.480 e. The Hall–Kier alpha value is -1.15. The zero-order chi connectivity index (χ0) is 13.9. The number of halogens is 1. The summed E-state index contributed by atoms with van der Waals surface area (Å²) in [5, 5.41) is 17.4. The van der Waals surface area contributed by atoms with Gasteiger partial charge in [-0.25, -0.2) is 8.42 Å². The van der Waals surface area contributed by atoms with Crippen LogP contribution in [0.25, 0.3) is 0 Å². The van der Waals surface area contributed by atoms with E-state index in [9.17, 15) is 13.2 Å². The minimum Gasteiger partial charge on any atom is -0.480 e. The van der Waals surface area contributed by atoms with E-state index in [-0.39, 0.29) is 9.92 Å². The van der Waals surface area contributed by atoms with Crippen LogP contribution in [0.5, 0.6) is 0 Å².